The van der Waals surface area contributed by atoms with Gasteiger partial charge in [0.05, 0.1) is 22.8 Å². The summed E-state index contributed by atoms with van der Waals surface area (Å²) in [6.07, 6.45) is 0.500. The number of nitrogens with one attached hydrogen (secondary N) is 1. The molecule has 3 aromatic rings. The summed E-state index contributed by atoms with van der Waals surface area (Å²) in [5.41, 5.74) is 6.91. The number of hydrogen-bond donors (Lipinski definition) is 3. The van der Waals surface area contributed by atoms with E-state index >= 15 is 0 Å². The lowest BCUT2D eigenvalue weighted by molar-refractivity contribution is -0.113. The van der Waals surface area contributed by atoms with E-state index in [1.54, 1.807) is 4.57 Å². The third-order valence-corrected chi connectivity index (χ3v) is 6.30. The SMILES string of the molecule is Cn1c(Cc2csc(N)n2)nnc1SCC(=O)Nc1ccc(S(N)(=O)=O)cc1. The quantitative estimate of drug-likeness (QED) is 0.456. The Morgan fingerprint density at radius 1 is 1.29 bits per heavy atom. The second kappa shape index (κ2) is 8.26. The van der Waals surface area contributed by atoms with Crippen LogP contribution >= 0.6 is 23.1 Å². The van der Waals surface area contributed by atoms with Gasteiger partial charge in [0.15, 0.2) is 10.3 Å². The van der Waals surface area contributed by atoms with Crippen molar-refractivity contribution < 1.29 is 13.2 Å². The molecule has 0 bridgehead atoms. The Morgan fingerprint density at radius 2 is 2.00 bits per heavy atom. The number of hydrogen-bond acceptors (Lipinski definition) is 9. The Morgan fingerprint density at radius 3 is 2.61 bits per heavy atom. The van der Waals surface area contributed by atoms with E-state index in [-0.39, 0.29) is 16.6 Å². The Bertz CT molecular complexity index is 1090. The van der Waals surface area contributed by atoms with Gasteiger partial charge >= 0.3 is 0 Å². The van der Waals surface area contributed by atoms with Crippen molar-refractivity contribution in [2.24, 2.45) is 12.2 Å². The molecule has 0 radical (unpaired) electrons. The number of nitrogens with two attached hydrogens (primary N) is 2. The van der Waals surface area contributed by atoms with Gasteiger partial charge in [0.1, 0.15) is 5.82 Å². The minimum Gasteiger partial charge on any atom is -0.375 e. The summed E-state index contributed by atoms with van der Waals surface area (Å²) in [5.74, 6) is 0.573. The van der Waals surface area contributed by atoms with E-state index in [2.05, 4.69) is 20.5 Å². The van der Waals surface area contributed by atoms with Crippen molar-refractivity contribution in [2.45, 2.75) is 16.5 Å². The molecule has 2 aromatic heterocycles. The Hall–Kier alpha value is -2.48. The minimum absolute atomic E-state index is 0.0200. The molecule has 10 nitrogen and oxygen atoms in total. The van der Waals surface area contributed by atoms with Crippen LogP contribution in [0.1, 0.15) is 11.5 Å². The number of carbonyl (C=O) groups excluding carboxylic acids is 1. The number of thiazole rings is 1. The van der Waals surface area contributed by atoms with Gasteiger partial charge in [-0.3, -0.25) is 4.79 Å². The third-order valence-electron chi connectivity index (χ3n) is 3.63. The zero-order valence-electron chi connectivity index (χ0n) is 14.7. The molecule has 0 fully saturated rings. The molecule has 0 aliphatic rings. The van der Waals surface area contributed by atoms with Crippen LogP contribution in [0, 0.1) is 0 Å². The smallest absolute Gasteiger partial charge is 0.238 e. The Balaban J connectivity index is 1.56. The van der Waals surface area contributed by atoms with E-state index in [4.69, 9.17) is 10.9 Å². The largest absolute Gasteiger partial charge is 0.375 e. The zero-order valence-corrected chi connectivity index (χ0v) is 17.1. The summed E-state index contributed by atoms with van der Waals surface area (Å²) in [6, 6.07) is 5.61. The van der Waals surface area contributed by atoms with Gasteiger partial charge in [0, 0.05) is 18.1 Å². The molecule has 0 aliphatic heterocycles. The first-order valence-electron chi connectivity index (χ1n) is 7.86. The van der Waals surface area contributed by atoms with Crippen molar-refractivity contribution in [3.8, 4) is 0 Å². The average Bonchev–Trinajstić information content (AvgIpc) is 3.19. The van der Waals surface area contributed by atoms with Gasteiger partial charge in [-0.05, 0) is 24.3 Å². The number of primary sulfonamides is 1. The second-order valence-electron chi connectivity index (χ2n) is 5.72. The molecule has 0 unspecified atom stereocenters. The van der Waals surface area contributed by atoms with E-state index in [1.807, 2.05) is 12.4 Å². The molecule has 13 heteroatoms. The molecular formula is C15H17N7O3S3. The summed E-state index contributed by atoms with van der Waals surface area (Å²) < 4.78 is 24.3. The number of anilines is 2. The highest BCUT2D eigenvalue weighted by Gasteiger charge is 2.14. The number of thioether (sulfide) groups is 1. The zero-order chi connectivity index (χ0) is 20.3. The van der Waals surface area contributed by atoms with Crippen LogP contribution < -0.4 is 16.2 Å². The maximum Gasteiger partial charge on any atom is 0.238 e. The number of nitrogen functional groups attached to an aromatic ring is 1. The third kappa shape index (κ3) is 5.07. The van der Waals surface area contributed by atoms with Crippen molar-refractivity contribution in [3.05, 3.63) is 41.2 Å². The molecule has 1 aromatic carbocycles. The molecular weight excluding hydrogens is 422 g/mol. The highest BCUT2D eigenvalue weighted by molar-refractivity contribution is 7.99. The number of sulfonamides is 1. The number of rotatable bonds is 7. The van der Waals surface area contributed by atoms with Crippen LogP contribution in [0.15, 0.2) is 39.7 Å². The van der Waals surface area contributed by atoms with Crippen molar-refractivity contribution in [3.63, 3.8) is 0 Å². The fourth-order valence-corrected chi connectivity index (χ4v) is 4.05. The highest BCUT2D eigenvalue weighted by Crippen LogP contribution is 2.19. The van der Waals surface area contributed by atoms with Crippen molar-refractivity contribution in [1.29, 1.82) is 0 Å². The summed E-state index contributed by atoms with van der Waals surface area (Å²) >= 11 is 2.60. The molecule has 0 aliphatic carbocycles. The summed E-state index contributed by atoms with van der Waals surface area (Å²) in [6.45, 7) is 0. The number of amides is 1. The summed E-state index contributed by atoms with van der Waals surface area (Å²) in [5, 5.41) is 18.9. The first-order chi connectivity index (χ1) is 13.2. The van der Waals surface area contributed by atoms with Gasteiger partial charge in [-0.15, -0.1) is 21.5 Å². The van der Waals surface area contributed by atoms with Crippen LogP contribution in [0.25, 0.3) is 0 Å². The van der Waals surface area contributed by atoms with Crippen LogP contribution in [0.5, 0.6) is 0 Å². The van der Waals surface area contributed by atoms with Gasteiger partial charge in [-0.2, -0.15) is 0 Å². The van der Waals surface area contributed by atoms with Crippen molar-refractivity contribution >= 4 is 49.8 Å². The maximum absolute atomic E-state index is 12.1. The average molecular weight is 440 g/mol. The number of nitrogens with zero attached hydrogens (tertiary/aromatic N) is 4. The predicted molar refractivity (Wildman–Crippen MR) is 108 cm³/mol. The topological polar surface area (TPSA) is 159 Å². The second-order valence-corrected chi connectivity index (χ2v) is 9.11. The lowest BCUT2D eigenvalue weighted by Gasteiger charge is -2.06. The molecule has 2 heterocycles. The van der Waals surface area contributed by atoms with E-state index in [1.165, 1.54) is 47.4 Å². The van der Waals surface area contributed by atoms with E-state index in [9.17, 15) is 13.2 Å². The fraction of sp³-hybridized carbons (Fsp3) is 0.200. The molecule has 0 saturated carbocycles. The maximum atomic E-state index is 12.1. The monoisotopic (exact) mass is 439 g/mol. The summed E-state index contributed by atoms with van der Waals surface area (Å²) in [4.78, 5) is 16.3. The molecule has 0 spiro atoms. The van der Waals surface area contributed by atoms with Crippen LogP contribution in [-0.4, -0.2) is 39.8 Å². The summed E-state index contributed by atoms with van der Waals surface area (Å²) in [7, 11) is -1.95. The van der Waals surface area contributed by atoms with E-state index < -0.39 is 10.0 Å². The highest BCUT2D eigenvalue weighted by atomic mass is 32.2. The molecule has 1 amide bonds. The Labute approximate surface area is 169 Å². The minimum atomic E-state index is -3.76. The number of benzene rings is 1. The number of aromatic nitrogens is 4. The molecule has 0 atom stereocenters. The lowest BCUT2D eigenvalue weighted by atomic mass is 10.3. The van der Waals surface area contributed by atoms with E-state index in [0.29, 0.717) is 28.2 Å². The Kier molecular flexibility index (Phi) is 5.98. The molecule has 5 N–H and O–H groups in total. The standard InChI is InChI=1S/C15H17N7O3S3/c1-22-12(6-10-7-26-14(16)19-10)20-21-15(22)27-8-13(23)18-9-2-4-11(5-3-9)28(17,24)25/h2-5,7H,6,8H2,1H3,(H2,16,19)(H,18,23)(H2,17,24,25). The predicted octanol–water partition coefficient (Wildman–Crippen LogP) is 0.823. The van der Waals surface area contributed by atoms with Crippen LogP contribution in [0.4, 0.5) is 10.8 Å². The fourth-order valence-electron chi connectivity index (χ4n) is 2.25. The number of carbonyl (C=O) groups is 1. The van der Waals surface area contributed by atoms with Gasteiger partial charge in [0.2, 0.25) is 15.9 Å². The van der Waals surface area contributed by atoms with Gasteiger partial charge in [-0.25, -0.2) is 18.5 Å². The van der Waals surface area contributed by atoms with Crippen LogP contribution in [0.3, 0.4) is 0 Å². The molecule has 148 valence electrons. The van der Waals surface area contributed by atoms with E-state index in [0.717, 1.165) is 5.69 Å². The van der Waals surface area contributed by atoms with Crippen LogP contribution in [0.2, 0.25) is 0 Å². The molecule has 0 saturated heterocycles. The van der Waals surface area contributed by atoms with Crippen LogP contribution in [-0.2, 0) is 28.3 Å². The van der Waals surface area contributed by atoms with Crippen molar-refractivity contribution in [1.82, 2.24) is 19.7 Å². The van der Waals surface area contributed by atoms with Gasteiger partial charge in [0.25, 0.3) is 0 Å². The van der Waals surface area contributed by atoms with Gasteiger partial charge in [-0.1, -0.05) is 11.8 Å². The molecule has 3 rings (SSSR count). The normalized spacial score (nSPS) is 11.5. The lowest BCUT2D eigenvalue weighted by Crippen LogP contribution is -2.15. The first kappa shape index (κ1) is 20.3. The van der Waals surface area contributed by atoms with Crippen molar-refractivity contribution in [2.75, 3.05) is 16.8 Å². The first-order valence-corrected chi connectivity index (χ1v) is 11.3. The molecule has 28 heavy (non-hydrogen) atoms. The van der Waals surface area contributed by atoms with Gasteiger partial charge < -0.3 is 15.6 Å².